The van der Waals surface area contributed by atoms with Gasteiger partial charge in [-0.25, -0.2) is 10.2 Å². The summed E-state index contributed by atoms with van der Waals surface area (Å²) in [6, 6.07) is 28.1. The lowest BCUT2D eigenvalue weighted by molar-refractivity contribution is -0.124. The maximum Gasteiger partial charge on any atom is 0.414 e. The van der Waals surface area contributed by atoms with Gasteiger partial charge < -0.3 is 18.9 Å². The van der Waals surface area contributed by atoms with Crippen molar-refractivity contribution in [3.05, 3.63) is 108 Å². The van der Waals surface area contributed by atoms with Crippen molar-refractivity contribution in [1.29, 1.82) is 0 Å². The van der Waals surface area contributed by atoms with Crippen molar-refractivity contribution in [2.24, 2.45) is 0 Å². The molecule has 0 saturated heterocycles. The van der Waals surface area contributed by atoms with E-state index in [1.54, 1.807) is 37.4 Å². The smallest absolute Gasteiger partial charge is 0.414 e. The molecule has 0 bridgehead atoms. The van der Waals surface area contributed by atoms with Crippen LogP contribution in [0.3, 0.4) is 0 Å². The fourth-order valence-corrected chi connectivity index (χ4v) is 5.72. The van der Waals surface area contributed by atoms with E-state index in [0.717, 1.165) is 40.7 Å². The number of amides is 2. The van der Waals surface area contributed by atoms with Gasteiger partial charge in [0.05, 0.1) is 32.5 Å². The number of ether oxygens (including phenoxy) is 4. The highest BCUT2D eigenvalue weighted by Gasteiger charge is 2.30. The molecule has 1 atom stereocenters. The number of hydrogen-bond donors (Lipinski definition) is 2. The molecule has 0 spiro atoms. The second-order valence-electron chi connectivity index (χ2n) is 11.4. The lowest BCUT2D eigenvalue weighted by Crippen LogP contribution is -2.46. The predicted octanol–water partition coefficient (Wildman–Crippen LogP) is 6.33. The van der Waals surface area contributed by atoms with Crippen molar-refractivity contribution in [1.82, 2.24) is 10.9 Å². The number of carbonyl (C=O) groups is 2. The van der Waals surface area contributed by atoms with Crippen molar-refractivity contribution in [3.63, 3.8) is 0 Å². The molecule has 0 fully saturated rings. The summed E-state index contributed by atoms with van der Waals surface area (Å²) >= 11 is 0. The molecule has 1 aliphatic rings. The minimum atomic E-state index is -0.572. The third-order valence-electron chi connectivity index (χ3n) is 8.24. The van der Waals surface area contributed by atoms with E-state index in [9.17, 15) is 14.4 Å². The molecule has 5 rings (SSSR count). The molecule has 1 aliphatic carbocycles. The van der Waals surface area contributed by atoms with Gasteiger partial charge >= 0.3 is 6.09 Å². The Hall–Kier alpha value is -5.35. The molecule has 0 heterocycles. The van der Waals surface area contributed by atoms with Crippen molar-refractivity contribution < 1.29 is 33.3 Å². The number of methoxy groups -OCH3 is 2. The van der Waals surface area contributed by atoms with Crippen LogP contribution in [-0.2, 0) is 20.9 Å². The van der Waals surface area contributed by atoms with Gasteiger partial charge in [-0.3, -0.25) is 19.9 Å². The van der Waals surface area contributed by atoms with Crippen LogP contribution in [0.1, 0.15) is 48.8 Å². The van der Waals surface area contributed by atoms with Gasteiger partial charge in [0, 0.05) is 12.0 Å². The number of rotatable bonds is 16. The van der Waals surface area contributed by atoms with Crippen molar-refractivity contribution in [2.75, 3.05) is 32.3 Å². The first-order valence-electron chi connectivity index (χ1n) is 15.9. The lowest BCUT2D eigenvalue weighted by Gasteiger charge is -2.25. The molecule has 0 saturated carbocycles. The number of fused-ring (bicyclic) bond motifs is 3. The molecule has 10 heteroatoms. The third kappa shape index (κ3) is 8.13. The van der Waals surface area contributed by atoms with E-state index in [1.165, 1.54) is 12.0 Å². The fourth-order valence-electron chi connectivity index (χ4n) is 5.72. The summed E-state index contributed by atoms with van der Waals surface area (Å²) in [7, 11) is 3.10. The quantitative estimate of drug-likeness (QED) is 0.135. The first-order valence-corrected chi connectivity index (χ1v) is 15.9. The number of carbonyl (C=O) groups excluding carboxylic acids is 3. The summed E-state index contributed by atoms with van der Waals surface area (Å²) in [4.78, 5) is 38.8. The SMILES string of the molecule is CCCC[C@@H]([C]=O)NNC(=O)COc1ccc(CN(C(=O)OCC2c3ccccc3-c3ccccc32)c2ccc(OC)cc2OC)cc1. The van der Waals surface area contributed by atoms with Crippen LogP contribution in [0, 0.1) is 0 Å². The molecule has 249 valence electrons. The molecule has 2 amide bonds. The average molecular weight is 651 g/mol. The number of nitrogens with one attached hydrogen (secondary N) is 2. The molecule has 1 radical (unpaired) electrons. The van der Waals surface area contributed by atoms with Gasteiger partial charge in [-0.2, -0.15) is 0 Å². The lowest BCUT2D eigenvalue weighted by atomic mass is 9.98. The molecule has 4 aromatic carbocycles. The summed E-state index contributed by atoms with van der Waals surface area (Å²) in [6.07, 6.45) is 3.71. The number of nitrogens with zero attached hydrogens (tertiary/aromatic N) is 1. The van der Waals surface area contributed by atoms with E-state index in [2.05, 4.69) is 35.1 Å². The zero-order valence-electron chi connectivity index (χ0n) is 27.4. The topological polar surface area (TPSA) is 115 Å². The van der Waals surface area contributed by atoms with Crippen LogP contribution < -0.4 is 30.0 Å². The first-order chi connectivity index (χ1) is 23.4. The molecular weight excluding hydrogens is 610 g/mol. The van der Waals surface area contributed by atoms with Crippen LogP contribution in [0.2, 0.25) is 0 Å². The van der Waals surface area contributed by atoms with Gasteiger partial charge in [0.15, 0.2) is 6.61 Å². The maximum absolute atomic E-state index is 13.9. The third-order valence-corrected chi connectivity index (χ3v) is 8.24. The van der Waals surface area contributed by atoms with E-state index in [1.807, 2.05) is 49.6 Å². The molecular formula is C38H40N3O7. The molecule has 48 heavy (non-hydrogen) atoms. The van der Waals surface area contributed by atoms with Crippen molar-refractivity contribution >= 4 is 24.0 Å². The van der Waals surface area contributed by atoms with Gasteiger partial charge in [0.25, 0.3) is 5.91 Å². The number of benzene rings is 4. The van der Waals surface area contributed by atoms with Gasteiger partial charge in [-0.1, -0.05) is 80.4 Å². The number of unbranched alkanes of at least 4 members (excludes halogenated alkanes) is 1. The Morgan fingerprint density at radius 3 is 2.17 bits per heavy atom. The Morgan fingerprint density at radius 2 is 1.54 bits per heavy atom. The van der Waals surface area contributed by atoms with Crippen LogP contribution in [0.25, 0.3) is 11.1 Å². The molecule has 0 aliphatic heterocycles. The van der Waals surface area contributed by atoms with Crippen LogP contribution in [0.5, 0.6) is 17.2 Å². The minimum absolute atomic E-state index is 0.0939. The second kappa shape index (κ2) is 16.5. The monoisotopic (exact) mass is 650 g/mol. The molecule has 10 nitrogen and oxygen atoms in total. The predicted molar refractivity (Wildman–Crippen MR) is 183 cm³/mol. The number of hydrogen-bond acceptors (Lipinski definition) is 8. The van der Waals surface area contributed by atoms with Crippen molar-refractivity contribution in [3.8, 4) is 28.4 Å². The Balaban J connectivity index is 1.28. The number of hydrazine groups is 1. The Morgan fingerprint density at radius 1 is 0.875 bits per heavy atom. The van der Waals surface area contributed by atoms with Crippen LogP contribution >= 0.6 is 0 Å². The molecule has 0 unspecified atom stereocenters. The highest BCUT2D eigenvalue weighted by atomic mass is 16.6. The number of anilines is 1. The highest BCUT2D eigenvalue weighted by Crippen LogP contribution is 2.44. The van der Waals surface area contributed by atoms with Gasteiger partial charge in [-0.15, -0.1) is 0 Å². The van der Waals surface area contributed by atoms with Gasteiger partial charge in [0.1, 0.15) is 23.9 Å². The summed E-state index contributed by atoms with van der Waals surface area (Å²) in [5.74, 6) is 0.983. The fraction of sp³-hybridized carbons (Fsp3) is 0.289. The normalized spacial score (nSPS) is 12.3. The zero-order chi connectivity index (χ0) is 33.9. The average Bonchev–Trinajstić information content (AvgIpc) is 3.45. The van der Waals surface area contributed by atoms with E-state index in [4.69, 9.17) is 18.9 Å². The summed E-state index contributed by atoms with van der Waals surface area (Å²) in [6.45, 7) is 2.11. The summed E-state index contributed by atoms with van der Waals surface area (Å²) < 4.78 is 22.7. The highest BCUT2D eigenvalue weighted by molar-refractivity contribution is 5.90. The Labute approximate surface area is 280 Å². The van der Waals surface area contributed by atoms with E-state index in [0.29, 0.717) is 29.4 Å². The molecule has 4 aromatic rings. The van der Waals surface area contributed by atoms with Gasteiger partial charge in [-0.05, 0) is 58.5 Å². The maximum atomic E-state index is 13.9. The second-order valence-corrected chi connectivity index (χ2v) is 11.4. The van der Waals surface area contributed by atoms with E-state index >= 15 is 0 Å². The van der Waals surface area contributed by atoms with Gasteiger partial charge in [0.2, 0.25) is 6.29 Å². The van der Waals surface area contributed by atoms with Crippen molar-refractivity contribution in [2.45, 2.75) is 44.7 Å². The van der Waals surface area contributed by atoms with E-state index < -0.39 is 18.0 Å². The summed E-state index contributed by atoms with van der Waals surface area (Å²) in [5.41, 5.74) is 11.0. The standard InChI is InChI=1S/C38H40N3O7/c1-4-5-10-27(23-42)39-40-37(43)25-47-28-17-15-26(16-18-28)22-41(35-20-19-29(45-2)21-36(35)46-3)38(44)48-24-34-32-13-8-6-11-30(32)31-12-7-9-14-33(31)34/h6-9,11-21,27,34,39H,4-5,10,22,24-25H2,1-3H3,(H,40,43)/t27-/m0/s1. The first kappa shape index (κ1) is 34.0. The zero-order valence-corrected chi connectivity index (χ0v) is 27.4. The molecule has 2 N–H and O–H groups in total. The molecule has 0 aromatic heterocycles. The van der Waals surface area contributed by atoms with Crippen LogP contribution in [0.4, 0.5) is 10.5 Å². The minimum Gasteiger partial charge on any atom is -0.497 e. The Kier molecular flexibility index (Phi) is 11.7. The van der Waals surface area contributed by atoms with Crippen LogP contribution in [-0.4, -0.2) is 51.8 Å². The largest absolute Gasteiger partial charge is 0.497 e. The van der Waals surface area contributed by atoms with Crippen LogP contribution in [0.15, 0.2) is 91.0 Å². The van der Waals surface area contributed by atoms with E-state index in [-0.39, 0.29) is 25.7 Å². The summed E-state index contributed by atoms with van der Waals surface area (Å²) in [5, 5.41) is 0. The Bertz CT molecular complexity index is 1660.